The number of nitrogens with zero attached hydrogens (tertiary/aromatic N) is 1. The number of thiocarbonyl (C=S) groups is 1. The van der Waals surface area contributed by atoms with Crippen LogP contribution in [0.15, 0.2) is 65.1 Å². The maximum absolute atomic E-state index is 12.3. The van der Waals surface area contributed by atoms with Crippen LogP contribution in [0, 0.1) is 13.8 Å². The van der Waals surface area contributed by atoms with E-state index in [4.69, 9.17) is 28.2 Å². The molecule has 0 aliphatic carbocycles. The van der Waals surface area contributed by atoms with Crippen LogP contribution in [0.3, 0.4) is 0 Å². The number of halogens is 1. The topological polar surface area (TPSA) is 67.2 Å². The lowest BCUT2D eigenvalue weighted by molar-refractivity contribution is 0.0977. The predicted molar refractivity (Wildman–Crippen MR) is 124 cm³/mol. The van der Waals surface area contributed by atoms with Gasteiger partial charge in [0, 0.05) is 21.8 Å². The number of carbonyl (C=O) groups excluding carboxylic acids is 1. The van der Waals surface area contributed by atoms with Crippen LogP contribution in [0.1, 0.15) is 21.5 Å². The van der Waals surface area contributed by atoms with Crippen LogP contribution in [-0.2, 0) is 0 Å². The van der Waals surface area contributed by atoms with E-state index in [1.807, 2.05) is 44.2 Å². The van der Waals surface area contributed by atoms with Gasteiger partial charge in [-0.3, -0.25) is 10.1 Å². The SMILES string of the molecule is Cc1cc(C)c2oc(-c3ccc(NC(=S)NC(=O)c4cccc(Cl)c4)cc3)nc2c1. The number of aromatic nitrogens is 1. The van der Waals surface area contributed by atoms with Gasteiger partial charge in [-0.05, 0) is 85.7 Å². The van der Waals surface area contributed by atoms with Crippen LogP contribution in [0.5, 0.6) is 0 Å². The van der Waals surface area contributed by atoms with Crippen LogP contribution in [0.4, 0.5) is 5.69 Å². The quantitative estimate of drug-likeness (QED) is 0.392. The van der Waals surface area contributed by atoms with Gasteiger partial charge < -0.3 is 9.73 Å². The van der Waals surface area contributed by atoms with Crippen molar-refractivity contribution in [3.8, 4) is 11.5 Å². The molecule has 30 heavy (non-hydrogen) atoms. The number of aryl methyl sites for hydroxylation is 2. The normalized spacial score (nSPS) is 10.8. The molecule has 0 radical (unpaired) electrons. The zero-order valence-electron chi connectivity index (χ0n) is 16.3. The van der Waals surface area contributed by atoms with Crippen molar-refractivity contribution in [1.82, 2.24) is 10.3 Å². The van der Waals surface area contributed by atoms with Crippen LogP contribution >= 0.6 is 23.8 Å². The van der Waals surface area contributed by atoms with E-state index in [0.717, 1.165) is 33.5 Å². The lowest BCUT2D eigenvalue weighted by Crippen LogP contribution is -2.34. The second-order valence-electron chi connectivity index (χ2n) is 6.95. The van der Waals surface area contributed by atoms with E-state index in [1.54, 1.807) is 24.3 Å². The molecule has 1 heterocycles. The highest BCUT2D eigenvalue weighted by Gasteiger charge is 2.12. The van der Waals surface area contributed by atoms with E-state index in [1.165, 1.54) is 0 Å². The predicted octanol–water partition coefficient (Wildman–Crippen LogP) is 5.89. The summed E-state index contributed by atoms with van der Waals surface area (Å²) in [5.41, 5.74) is 5.86. The van der Waals surface area contributed by atoms with E-state index >= 15 is 0 Å². The monoisotopic (exact) mass is 435 g/mol. The lowest BCUT2D eigenvalue weighted by atomic mass is 10.1. The van der Waals surface area contributed by atoms with Crippen molar-refractivity contribution in [2.75, 3.05) is 5.32 Å². The molecule has 3 aromatic carbocycles. The molecule has 7 heteroatoms. The second kappa shape index (κ2) is 8.26. The van der Waals surface area contributed by atoms with E-state index < -0.39 is 0 Å². The molecular formula is C23H18ClN3O2S. The highest BCUT2D eigenvalue weighted by Crippen LogP contribution is 2.28. The maximum Gasteiger partial charge on any atom is 0.257 e. The fraction of sp³-hybridized carbons (Fsp3) is 0.0870. The summed E-state index contributed by atoms with van der Waals surface area (Å²) in [6, 6.07) is 18.2. The average Bonchev–Trinajstić information content (AvgIpc) is 3.13. The maximum atomic E-state index is 12.3. The van der Waals surface area contributed by atoms with E-state index in [0.29, 0.717) is 16.5 Å². The van der Waals surface area contributed by atoms with Crippen LogP contribution in [-0.4, -0.2) is 16.0 Å². The van der Waals surface area contributed by atoms with Gasteiger partial charge in [0.15, 0.2) is 10.7 Å². The number of rotatable bonds is 3. The molecule has 0 saturated carbocycles. The Morgan fingerprint density at radius 1 is 1.07 bits per heavy atom. The molecule has 0 unspecified atom stereocenters. The Hall–Kier alpha value is -3.22. The molecule has 0 aliphatic rings. The first kappa shape index (κ1) is 20.1. The van der Waals surface area contributed by atoms with Crippen molar-refractivity contribution in [1.29, 1.82) is 0 Å². The Bertz CT molecular complexity index is 1270. The Labute approximate surface area is 184 Å². The van der Waals surface area contributed by atoms with Gasteiger partial charge >= 0.3 is 0 Å². The smallest absolute Gasteiger partial charge is 0.257 e. The molecule has 1 amide bonds. The van der Waals surface area contributed by atoms with Crippen LogP contribution < -0.4 is 10.6 Å². The third-order valence-corrected chi connectivity index (χ3v) is 4.96. The molecule has 0 bridgehead atoms. The summed E-state index contributed by atoms with van der Waals surface area (Å²) in [4.78, 5) is 16.8. The third kappa shape index (κ3) is 4.35. The molecule has 0 fully saturated rings. The number of benzene rings is 3. The van der Waals surface area contributed by atoms with Gasteiger partial charge in [-0.1, -0.05) is 23.7 Å². The van der Waals surface area contributed by atoms with Crippen molar-refractivity contribution in [2.24, 2.45) is 0 Å². The Morgan fingerprint density at radius 3 is 2.57 bits per heavy atom. The van der Waals surface area contributed by atoms with Crippen LogP contribution in [0.2, 0.25) is 5.02 Å². The largest absolute Gasteiger partial charge is 0.436 e. The second-order valence-corrected chi connectivity index (χ2v) is 7.79. The Kier molecular flexibility index (Phi) is 5.53. The molecular weight excluding hydrogens is 418 g/mol. The highest BCUT2D eigenvalue weighted by molar-refractivity contribution is 7.80. The minimum absolute atomic E-state index is 0.195. The highest BCUT2D eigenvalue weighted by atomic mass is 35.5. The van der Waals surface area contributed by atoms with Gasteiger partial charge in [0.25, 0.3) is 5.91 Å². The van der Waals surface area contributed by atoms with Crippen molar-refractivity contribution in [3.05, 3.63) is 82.4 Å². The number of hydrogen-bond donors (Lipinski definition) is 2. The zero-order valence-corrected chi connectivity index (χ0v) is 17.9. The summed E-state index contributed by atoms with van der Waals surface area (Å²) in [6.45, 7) is 4.05. The van der Waals surface area contributed by atoms with Crippen molar-refractivity contribution in [2.45, 2.75) is 13.8 Å². The third-order valence-electron chi connectivity index (χ3n) is 4.52. The minimum Gasteiger partial charge on any atom is -0.436 e. The van der Waals surface area contributed by atoms with Crippen LogP contribution in [0.25, 0.3) is 22.6 Å². The van der Waals surface area contributed by atoms with Gasteiger partial charge in [0.05, 0.1) is 0 Å². The fourth-order valence-electron chi connectivity index (χ4n) is 3.16. The van der Waals surface area contributed by atoms with Gasteiger partial charge in [-0.2, -0.15) is 0 Å². The first-order chi connectivity index (χ1) is 14.4. The number of oxazole rings is 1. The molecule has 150 valence electrons. The molecule has 1 aromatic heterocycles. The first-order valence-electron chi connectivity index (χ1n) is 9.25. The molecule has 0 saturated heterocycles. The molecule has 0 aliphatic heterocycles. The average molecular weight is 436 g/mol. The van der Waals surface area contributed by atoms with E-state index in [2.05, 4.69) is 21.7 Å². The lowest BCUT2D eigenvalue weighted by Gasteiger charge is -2.10. The number of anilines is 1. The molecule has 5 nitrogen and oxygen atoms in total. The van der Waals surface area contributed by atoms with Crippen molar-refractivity contribution >= 4 is 51.6 Å². The summed E-state index contributed by atoms with van der Waals surface area (Å²) in [5.74, 6) is 0.228. The van der Waals surface area contributed by atoms with Crippen molar-refractivity contribution < 1.29 is 9.21 Å². The fourth-order valence-corrected chi connectivity index (χ4v) is 3.56. The summed E-state index contributed by atoms with van der Waals surface area (Å²) < 4.78 is 5.95. The summed E-state index contributed by atoms with van der Waals surface area (Å²) in [5, 5.41) is 6.32. The van der Waals surface area contributed by atoms with E-state index in [-0.39, 0.29) is 11.0 Å². The zero-order chi connectivity index (χ0) is 21.3. The summed E-state index contributed by atoms with van der Waals surface area (Å²) >= 11 is 11.2. The first-order valence-corrected chi connectivity index (χ1v) is 10.0. The van der Waals surface area contributed by atoms with Gasteiger partial charge in [0.2, 0.25) is 5.89 Å². The Balaban J connectivity index is 1.45. The summed E-state index contributed by atoms with van der Waals surface area (Å²) in [7, 11) is 0. The molecule has 4 aromatic rings. The minimum atomic E-state index is -0.330. The number of fused-ring (bicyclic) bond motifs is 1. The van der Waals surface area contributed by atoms with Crippen molar-refractivity contribution in [3.63, 3.8) is 0 Å². The standard InChI is InChI=1S/C23H18ClN3O2S/c1-13-10-14(2)20-19(11-13)26-22(29-20)15-6-8-18(9-7-15)25-23(30)27-21(28)16-4-3-5-17(24)12-16/h3-12H,1-2H3,(H2,25,27,28,30). The van der Waals surface area contributed by atoms with E-state index in [9.17, 15) is 4.79 Å². The number of hydrogen-bond acceptors (Lipinski definition) is 4. The van der Waals surface area contributed by atoms with Gasteiger partial charge in [-0.25, -0.2) is 4.98 Å². The number of amides is 1. The van der Waals surface area contributed by atoms with Gasteiger partial charge in [-0.15, -0.1) is 0 Å². The molecule has 0 spiro atoms. The molecule has 2 N–H and O–H groups in total. The molecule has 0 atom stereocenters. The number of carbonyl (C=O) groups is 1. The Morgan fingerprint density at radius 2 is 1.83 bits per heavy atom. The number of nitrogens with one attached hydrogen (secondary N) is 2. The van der Waals surface area contributed by atoms with Gasteiger partial charge in [0.1, 0.15) is 5.52 Å². The molecule has 4 rings (SSSR count). The summed E-state index contributed by atoms with van der Waals surface area (Å²) in [6.07, 6.45) is 0.